The SMILES string of the molecule is CCCCCCCCCOC(=O)CCCCC(=O)O. The van der Waals surface area contributed by atoms with Crippen molar-refractivity contribution < 1.29 is 19.4 Å². The lowest BCUT2D eigenvalue weighted by Crippen LogP contribution is -2.06. The van der Waals surface area contributed by atoms with Crippen molar-refractivity contribution in [1.82, 2.24) is 0 Å². The Bertz CT molecular complexity index is 238. The van der Waals surface area contributed by atoms with Crippen LogP contribution in [-0.2, 0) is 14.3 Å². The van der Waals surface area contributed by atoms with Crippen molar-refractivity contribution in [2.45, 2.75) is 77.6 Å². The molecule has 0 spiro atoms. The summed E-state index contributed by atoms with van der Waals surface area (Å²) < 4.78 is 5.09. The molecule has 112 valence electrons. The largest absolute Gasteiger partial charge is 0.481 e. The van der Waals surface area contributed by atoms with Gasteiger partial charge in [0.2, 0.25) is 0 Å². The Labute approximate surface area is 116 Å². The highest BCUT2D eigenvalue weighted by molar-refractivity contribution is 5.69. The Morgan fingerprint density at radius 1 is 0.842 bits per heavy atom. The van der Waals surface area contributed by atoms with E-state index < -0.39 is 5.97 Å². The van der Waals surface area contributed by atoms with E-state index in [2.05, 4.69) is 6.92 Å². The monoisotopic (exact) mass is 272 g/mol. The van der Waals surface area contributed by atoms with Crippen molar-refractivity contribution in [3.63, 3.8) is 0 Å². The van der Waals surface area contributed by atoms with Gasteiger partial charge in [0.25, 0.3) is 0 Å². The topological polar surface area (TPSA) is 63.6 Å². The summed E-state index contributed by atoms with van der Waals surface area (Å²) in [4.78, 5) is 21.6. The van der Waals surface area contributed by atoms with Crippen molar-refractivity contribution in [2.75, 3.05) is 6.61 Å². The Morgan fingerprint density at radius 2 is 1.42 bits per heavy atom. The second-order valence-electron chi connectivity index (χ2n) is 4.94. The Morgan fingerprint density at radius 3 is 2.05 bits per heavy atom. The summed E-state index contributed by atoms with van der Waals surface area (Å²) >= 11 is 0. The van der Waals surface area contributed by atoms with Crippen LogP contribution in [0.25, 0.3) is 0 Å². The fourth-order valence-electron chi connectivity index (χ4n) is 1.86. The van der Waals surface area contributed by atoms with E-state index in [0.29, 0.717) is 25.9 Å². The number of ether oxygens (including phenoxy) is 1. The Hall–Kier alpha value is -1.06. The van der Waals surface area contributed by atoms with Gasteiger partial charge in [-0.25, -0.2) is 0 Å². The van der Waals surface area contributed by atoms with E-state index >= 15 is 0 Å². The van der Waals surface area contributed by atoms with Crippen molar-refractivity contribution >= 4 is 11.9 Å². The number of aliphatic carboxylic acids is 1. The second kappa shape index (κ2) is 13.4. The molecule has 0 aliphatic rings. The number of hydrogen-bond acceptors (Lipinski definition) is 3. The van der Waals surface area contributed by atoms with Crippen LogP contribution in [0.3, 0.4) is 0 Å². The first kappa shape index (κ1) is 17.9. The van der Waals surface area contributed by atoms with Crippen LogP contribution in [0.5, 0.6) is 0 Å². The molecule has 0 bridgehead atoms. The van der Waals surface area contributed by atoms with Crippen molar-refractivity contribution in [3.05, 3.63) is 0 Å². The van der Waals surface area contributed by atoms with Crippen molar-refractivity contribution in [1.29, 1.82) is 0 Å². The van der Waals surface area contributed by atoms with Gasteiger partial charge in [0.1, 0.15) is 0 Å². The smallest absolute Gasteiger partial charge is 0.305 e. The Balaban J connectivity index is 3.18. The maximum atomic E-state index is 11.3. The number of carbonyl (C=O) groups excluding carboxylic acids is 1. The van der Waals surface area contributed by atoms with Gasteiger partial charge in [0.05, 0.1) is 6.61 Å². The van der Waals surface area contributed by atoms with E-state index in [4.69, 9.17) is 9.84 Å². The number of carboxylic acid groups (broad SMARTS) is 1. The molecule has 19 heavy (non-hydrogen) atoms. The predicted molar refractivity (Wildman–Crippen MR) is 75.1 cm³/mol. The first-order valence-electron chi connectivity index (χ1n) is 7.54. The minimum Gasteiger partial charge on any atom is -0.481 e. The molecule has 0 fully saturated rings. The van der Waals surface area contributed by atoms with Gasteiger partial charge in [-0.3, -0.25) is 9.59 Å². The minimum atomic E-state index is -0.809. The van der Waals surface area contributed by atoms with Gasteiger partial charge in [-0.2, -0.15) is 0 Å². The van der Waals surface area contributed by atoms with Gasteiger partial charge in [-0.05, 0) is 19.3 Å². The van der Waals surface area contributed by atoms with Gasteiger partial charge in [-0.15, -0.1) is 0 Å². The van der Waals surface area contributed by atoms with Crippen LogP contribution >= 0.6 is 0 Å². The summed E-state index contributed by atoms with van der Waals surface area (Å²) in [5.74, 6) is -1.01. The van der Waals surface area contributed by atoms with Crippen LogP contribution in [0, 0.1) is 0 Å². The lowest BCUT2D eigenvalue weighted by molar-refractivity contribution is -0.144. The summed E-state index contributed by atoms with van der Waals surface area (Å²) in [5, 5.41) is 8.44. The summed E-state index contributed by atoms with van der Waals surface area (Å²) in [6, 6.07) is 0. The average Bonchev–Trinajstić information content (AvgIpc) is 2.37. The molecule has 0 saturated carbocycles. The van der Waals surface area contributed by atoms with Crippen LogP contribution in [0.2, 0.25) is 0 Å². The molecule has 4 nitrogen and oxygen atoms in total. The third kappa shape index (κ3) is 14.9. The molecule has 1 N–H and O–H groups in total. The van der Waals surface area contributed by atoms with Crippen LogP contribution in [-0.4, -0.2) is 23.7 Å². The number of carbonyl (C=O) groups is 2. The molecule has 0 unspecified atom stereocenters. The van der Waals surface area contributed by atoms with Gasteiger partial charge < -0.3 is 9.84 Å². The molecule has 4 heteroatoms. The van der Waals surface area contributed by atoms with Crippen molar-refractivity contribution in [2.24, 2.45) is 0 Å². The minimum absolute atomic E-state index is 0.130. The van der Waals surface area contributed by atoms with E-state index in [-0.39, 0.29) is 12.4 Å². The lowest BCUT2D eigenvalue weighted by atomic mass is 10.1. The number of carboxylic acids is 1. The maximum Gasteiger partial charge on any atom is 0.305 e. The molecule has 0 heterocycles. The molecule has 0 saturated heterocycles. The van der Waals surface area contributed by atoms with E-state index in [1.54, 1.807) is 0 Å². The molecule has 0 atom stereocenters. The summed E-state index contributed by atoms with van der Waals surface area (Å²) in [6.45, 7) is 2.71. The van der Waals surface area contributed by atoms with E-state index in [1.807, 2.05) is 0 Å². The molecule has 0 aliphatic carbocycles. The summed E-state index contributed by atoms with van der Waals surface area (Å²) in [5.41, 5.74) is 0. The molecule has 0 aromatic rings. The fraction of sp³-hybridized carbons (Fsp3) is 0.867. The first-order chi connectivity index (χ1) is 9.16. The van der Waals surface area contributed by atoms with Gasteiger partial charge in [-0.1, -0.05) is 45.4 Å². The molecule has 0 amide bonds. The van der Waals surface area contributed by atoms with Gasteiger partial charge in [0, 0.05) is 12.8 Å². The van der Waals surface area contributed by atoms with Crippen LogP contribution in [0.4, 0.5) is 0 Å². The molecule has 0 aromatic carbocycles. The normalized spacial score (nSPS) is 10.4. The highest BCUT2D eigenvalue weighted by atomic mass is 16.5. The predicted octanol–water partition coefficient (Wildman–Crippen LogP) is 3.93. The van der Waals surface area contributed by atoms with Crippen LogP contribution in [0.15, 0.2) is 0 Å². The highest BCUT2D eigenvalue weighted by Gasteiger charge is 2.03. The molecular formula is C15H28O4. The second-order valence-corrected chi connectivity index (χ2v) is 4.94. The summed E-state index contributed by atoms with van der Waals surface area (Å²) in [6.07, 6.45) is 10.0. The number of unbranched alkanes of at least 4 members (excludes halogenated alkanes) is 7. The van der Waals surface area contributed by atoms with E-state index in [9.17, 15) is 9.59 Å². The van der Waals surface area contributed by atoms with Gasteiger partial charge in [0.15, 0.2) is 0 Å². The zero-order valence-electron chi connectivity index (χ0n) is 12.2. The summed E-state index contributed by atoms with van der Waals surface area (Å²) in [7, 11) is 0. The number of hydrogen-bond donors (Lipinski definition) is 1. The molecule has 0 rings (SSSR count). The fourth-order valence-corrected chi connectivity index (χ4v) is 1.86. The van der Waals surface area contributed by atoms with E-state index in [0.717, 1.165) is 12.8 Å². The maximum absolute atomic E-state index is 11.3. The highest BCUT2D eigenvalue weighted by Crippen LogP contribution is 2.07. The molecule has 0 radical (unpaired) electrons. The van der Waals surface area contributed by atoms with E-state index in [1.165, 1.54) is 32.1 Å². The Kier molecular flexibility index (Phi) is 12.6. The van der Waals surface area contributed by atoms with Crippen LogP contribution in [0.1, 0.15) is 77.6 Å². The molecule has 0 aliphatic heterocycles. The third-order valence-corrected chi connectivity index (χ3v) is 3.03. The zero-order valence-corrected chi connectivity index (χ0v) is 12.2. The van der Waals surface area contributed by atoms with Gasteiger partial charge >= 0.3 is 11.9 Å². The molecular weight excluding hydrogens is 244 g/mol. The number of esters is 1. The molecule has 0 aromatic heterocycles. The average molecular weight is 272 g/mol. The van der Waals surface area contributed by atoms with Crippen molar-refractivity contribution in [3.8, 4) is 0 Å². The zero-order chi connectivity index (χ0) is 14.3. The third-order valence-electron chi connectivity index (χ3n) is 3.03. The quantitative estimate of drug-likeness (QED) is 0.407. The first-order valence-corrected chi connectivity index (χ1v) is 7.54. The lowest BCUT2D eigenvalue weighted by Gasteiger charge is -2.04. The number of rotatable bonds is 13. The van der Waals surface area contributed by atoms with Crippen LogP contribution < -0.4 is 0 Å². The standard InChI is InChI=1S/C15H28O4/c1-2-3-4-5-6-7-10-13-19-15(18)12-9-8-11-14(16)17/h2-13H2,1H3,(H,16,17).